The van der Waals surface area contributed by atoms with E-state index in [0.717, 1.165) is 12.1 Å². The summed E-state index contributed by atoms with van der Waals surface area (Å²) in [5, 5.41) is -1.01. The number of rotatable bonds is 4. The quantitative estimate of drug-likeness (QED) is 0.822. The van der Waals surface area contributed by atoms with Crippen LogP contribution in [0.5, 0.6) is 0 Å². The molecular formula is C9H10BrFN2O2S2. The Morgan fingerprint density at radius 1 is 1.59 bits per heavy atom. The molecule has 1 aromatic rings. The third-order valence-electron chi connectivity index (χ3n) is 2.05. The number of sulfonamides is 1. The molecule has 0 heterocycles. The molecule has 0 fully saturated rings. The summed E-state index contributed by atoms with van der Waals surface area (Å²) in [5.74, 6) is -0.470. The molecule has 0 saturated heterocycles. The van der Waals surface area contributed by atoms with Crippen molar-refractivity contribution in [2.75, 3.05) is 4.72 Å². The normalized spacial score (nSPS) is 13.1. The minimum absolute atomic E-state index is 0.129. The number of halogens is 2. The SMILES string of the molecule is CC(C(N)=S)S(=O)(=O)Nc1ccc(F)cc1Br. The molecular weight excluding hydrogens is 331 g/mol. The molecule has 0 amide bonds. The van der Waals surface area contributed by atoms with Crippen molar-refractivity contribution in [3.63, 3.8) is 0 Å². The van der Waals surface area contributed by atoms with E-state index in [1.165, 1.54) is 13.0 Å². The molecule has 0 spiro atoms. The minimum atomic E-state index is -3.72. The fourth-order valence-electron chi connectivity index (χ4n) is 0.967. The molecule has 1 unspecified atom stereocenters. The summed E-state index contributed by atoms with van der Waals surface area (Å²) in [6.45, 7) is 1.38. The van der Waals surface area contributed by atoms with Crippen LogP contribution in [0.4, 0.5) is 10.1 Å². The molecule has 4 nitrogen and oxygen atoms in total. The van der Waals surface area contributed by atoms with Crippen LogP contribution >= 0.6 is 28.1 Å². The van der Waals surface area contributed by atoms with Crippen LogP contribution in [0.2, 0.25) is 0 Å². The molecule has 0 aromatic heterocycles. The molecule has 17 heavy (non-hydrogen) atoms. The second-order valence-corrected chi connectivity index (χ2v) is 6.64. The lowest BCUT2D eigenvalue weighted by Crippen LogP contribution is -2.35. The van der Waals surface area contributed by atoms with Crippen molar-refractivity contribution in [3.05, 3.63) is 28.5 Å². The van der Waals surface area contributed by atoms with Gasteiger partial charge in [-0.25, -0.2) is 12.8 Å². The van der Waals surface area contributed by atoms with Gasteiger partial charge in [-0.05, 0) is 41.1 Å². The third-order valence-corrected chi connectivity index (χ3v) is 4.90. The highest BCUT2D eigenvalue weighted by atomic mass is 79.9. The zero-order chi connectivity index (χ0) is 13.2. The first-order chi connectivity index (χ1) is 7.74. The third kappa shape index (κ3) is 3.62. The molecule has 3 N–H and O–H groups in total. The van der Waals surface area contributed by atoms with Gasteiger partial charge in [-0.3, -0.25) is 4.72 Å². The van der Waals surface area contributed by atoms with Gasteiger partial charge in [-0.2, -0.15) is 0 Å². The smallest absolute Gasteiger partial charge is 0.241 e. The van der Waals surface area contributed by atoms with Gasteiger partial charge in [0.1, 0.15) is 11.1 Å². The van der Waals surface area contributed by atoms with Crippen molar-refractivity contribution in [2.45, 2.75) is 12.2 Å². The summed E-state index contributed by atoms with van der Waals surface area (Å²) in [6.07, 6.45) is 0. The Morgan fingerprint density at radius 3 is 2.65 bits per heavy atom. The van der Waals surface area contributed by atoms with E-state index in [9.17, 15) is 12.8 Å². The van der Waals surface area contributed by atoms with E-state index in [0.29, 0.717) is 4.47 Å². The van der Waals surface area contributed by atoms with Crippen LogP contribution in [-0.4, -0.2) is 18.7 Å². The van der Waals surface area contributed by atoms with Crippen LogP contribution in [-0.2, 0) is 10.0 Å². The Bertz CT molecular complexity index is 548. The lowest BCUT2D eigenvalue weighted by molar-refractivity contribution is 0.598. The predicted octanol–water partition coefficient (Wildman–Crippen LogP) is 2.00. The number of nitrogens with one attached hydrogen (secondary N) is 1. The summed E-state index contributed by atoms with van der Waals surface area (Å²) < 4.78 is 39.0. The van der Waals surface area contributed by atoms with Crippen LogP contribution in [0.3, 0.4) is 0 Å². The molecule has 0 aliphatic carbocycles. The van der Waals surface area contributed by atoms with Gasteiger partial charge in [-0.15, -0.1) is 0 Å². The van der Waals surface area contributed by atoms with Gasteiger partial charge in [0.2, 0.25) is 10.0 Å². The Morgan fingerprint density at radius 2 is 2.18 bits per heavy atom. The number of anilines is 1. The zero-order valence-electron chi connectivity index (χ0n) is 8.78. The highest BCUT2D eigenvalue weighted by Gasteiger charge is 2.23. The fraction of sp³-hybridized carbons (Fsp3) is 0.222. The summed E-state index contributed by atoms with van der Waals surface area (Å²) in [4.78, 5) is -0.129. The summed E-state index contributed by atoms with van der Waals surface area (Å²) in [7, 11) is -3.72. The molecule has 0 aliphatic heterocycles. The van der Waals surface area contributed by atoms with Crippen molar-refractivity contribution in [1.82, 2.24) is 0 Å². The van der Waals surface area contributed by atoms with E-state index in [2.05, 4.69) is 32.9 Å². The molecule has 1 aromatic carbocycles. The van der Waals surface area contributed by atoms with E-state index in [1.807, 2.05) is 0 Å². The zero-order valence-corrected chi connectivity index (χ0v) is 12.0. The molecule has 1 atom stereocenters. The van der Waals surface area contributed by atoms with Crippen molar-refractivity contribution >= 4 is 48.8 Å². The van der Waals surface area contributed by atoms with E-state index in [-0.39, 0.29) is 10.7 Å². The first kappa shape index (κ1) is 14.3. The lowest BCUT2D eigenvalue weighted by atomic mass is 10.3. The van der Waals surface area contributed by atoms with E-state index in [4.69, 9.17) is 5.73 Å². The van der Waals surface area contributed by atoms with Gasteiger partial charge in [0.15, 0.2) is 0 Å². The number of hydrogen-bond donors (Lipinski definition) is 2. The van der Waals surface area contributed by atoms with Crippen LogP contribution in [0.1, 0.15) is 6.92 Å². The first-order valence-corrected chi connectivity index (χ1v) is 7.25. The van der Waals surface area contributed by atoms with E-state index in [1.54, 1.807) is 0 Å². The second kappa shape index (κ2) is 5.28. The van der Waals surface area contributed by atoms with Crippen LogP contribution in [0.25, 0.3) is 0 Å². The maximum atomic E-state index is 12.8. The largest absolute Gasteiger partial charge is 0.392 e. The molecule has 0 radical (unpaired) electrons. The highest BCUT2D eigenvalue weighted by molar-refractivity contribution is 9.10. The van der Waals surface area contributed by atoms with Crippen molar-refractivity contribution in [2.24, 2.45) is 5.73 Å². The van der Waals surface area contributed by atoms with Crippen LogP contribution < -0.4 is 10.5 Å². The Balaban J connectivity index is 3.02. The Labute approximate surface area is 113 Å². The van der Waals surface area contributed by atoms with Gasteiger partial charge < -0.3 is 5.73 Å². The van der Waals surface area contributed by atoms with Gasteiger partial charge >= 0.3 is 0 Å². The molecule has 0 aliphatic rings. The predicted molar refractivity (Wildman–Crippen MR) is 72.9 cm³/mol. The molecule has 0 bridgehead atoms. The number of hydrogen-bond acceptors (Lipinski definition) is 3. The van der Waals surface area contributed by atoms with E-state index >= 15 is 0 Å². The maximum absolute atomic E-state index is 12.8. The molecule has 8 heteroatoms. The van der Waals surface area contributed by atoms with Gasteiger partial charge in [0.25, 0.3) is 0 Å². The van der Waals surface area contributed by atoms with Gasteiger partial charge in [-0.1, -0.05) is 12.2 Å². The van der Waals surface area contributed by atoms with Gasteiger partial charge in [0, 0.05) is 4.47 Å². The first-order valence-electron chi connectivity index (χ1n) is 4.50. The molecule has 0 saturated carbocycles. The standard InChI is InChI=1S/C9H10BrFN2O2S2/c1-5(9(12)16)17(14,15)13-8-3-2-6(11)4-7(8)10/h2-5,13H,1H3,(H2,12,16). The molecule has 1 rings (SSSR count). The Kier molecular flexibility index (Phi) is 4.45. The van der Waals surface area contributed by atoms with Crippen molar-refractivity contribution in [1.29, 1.82) is 0 Å². The Hall–Kier alpha value is -0.730. The number of benzene rings is 1. The maximum Gasteiger partial charge on any atom is 0.241 e. The number of nitrogens with two attached hydrogens (primary N) is 1. The monoisotopic (exact) mass is 340 g/mol. The highest BCUT2D eigenvalue weighted by Crippen LogP contribution is 2.24. The van der Waals surface area contributed by atoms with Crippen LogP contribution in [0.15, 0.2) is 22.7 Å². The summed E-state index contributed by atoms with van der Waals surface area (Å²) in [6, 6.07) is 3.61. The second-order valence-electron chi connectivity index (χ2n) is 3.32. The number of thiocarbonyl (C=S) groups is 1. The topological polar surface area (TPSA) is 72.2 Å². The van der Waals surface area contributed by atoms with Crippen molar-refractivity contribution in [3.8, 4) is 0 Å². The van der Waals surface area contributed by atoms with E-state index < -0.39 is 21.1 Å². The molecule has 94 valence electrons. The summed E-state index contributed by atoms with van der Waals surface area (Å²) >= 11 is 7.68. The fourth-order valence-corrected chi connectivity index (χ4v) is 2.90. The average Bonchev–Trinajstić information content (AvgIpc) is 2.21. The average molecular weight is 341 g/mol. The van der Waals surface area contributed by atoms with Crippen LogP contribution in [0, 0.1) is 5.82 Å². The van der Waals surface area contributed by atoms with Crippen molar-refractivity contribution < 1.29 is 12.8 Å². The minimum Gasteiger partial charge on any atom is -0.392 e. The van der Waals surface area contributed by atoms with Gasteiger partial charge in [0.05, 0.1) is 10.7 Å². The lowest BCUT2D eigenvalue weighted by Gasteiger charge is -2.14. The summed E-state index contributed by atoms with van der Waals surface area (Å²) in [5.41, 5.74) is 5.51.